The van der Waals surface area contributed by atoms with Crippen LogP contribution in [0.2, 0.25) is 0 Å². The third kappa shape index (κ3) is 2.48. The van der Waals surface area contributed by atoms with Crippen LogP contribution in [0.15, 0.2) is 0 Å². The predicted octanol–water partition coefficient (Wildman–Crippen LogP) is 3.13. The Labute approximate surface area is 69.8 Å². The molecule has 0 amide bonds. The average molecular weight is 155 g/mol. The Hall–Kier alpha value is -0.0400. The van der Waals surface area contributed by atoms with Crippen molar-refractivity contribution in [3.05, 3.63) is 6.10 Å². The Morgan fingerprint density at radius 1 is 1.00 bits per heavy atom. The van der Waals surface area contributed by atoms with E-state index < -0.39 is 0 Å². The molecule has 0 aromatic heterocycles. The summed E-state index contributed by atoms with van der Waals surface area (Å²) in [6.45, 7) is 8.91. The Bertz CT molecular complexity index is 131. The molecule has 65 valence electrons. The van der Waals surface area contributed by atoms with Gasteiger partial charge in [-0.3, -0.25) is 0 Å². The molecule has 1 rings (SSSR count). The standard InChI is InChI=1S/C10H19O/c1-9(2)5-8(11)6-10(3,4)7-9/h11H,5-7H2,1-4H3. The molecular formula is C10H19O. The van der Waals surface area contributed by atoms with Crippen LogP contribution in [0.25, 0.3) is 0 Å². The van der Waals surface area contributed by atoms with E-state index in [-0.39, 0.29) is 0 Å². The fraction of sp³-hybridized carbons (Fsp3) is 0.900. The maximum absolute atomic E-state index is 9.50. The van der Waals surface area contributed by atoms with Gasteiger partial charge in [-0.1, -0.05) is 27.7 Å². The Kier molecular flexibility index (Phi) is 2.04. The zero-order valence-electron chi connectivity index (χ0n) is 8.07. The van der Waals surface area contributed by atoms with Crippen molar-refractivity contribution in [2.75, 3.05) is 0 Å². The van der Waals surface area contributed by atoms with Gasteiger partial charge in [-0.25, -0.2) is 0 Å². The number of aliphatic hydroxyl groups excluding tert-OH is 1. The molecule has 1 heteroatoms. The summed E-state index contributed by atoms with van der Waals surface area (Å²) < 4.78 is 0. The second kappa shape index (κ2) is 2.48. The molecule has 1 aliphatic carbocycles. The molecule has 0 aromatic carbocycles. The first-order valence-corrected chi connectivity index (χ1v) is 4.34. The molecule has 0 heterocycles. The van der Waals surface area contributed by atoms with E-state index in [1.807, 2.05) is 0 Å². The minimum absolute atomic E-state index is 0.297. The van der Waals surface area contributed by atoms with E-state index >= 15 is 0 Å². The monoisotopic (exact) mass is 155 g/mol. The third-order valence-corrected chi connectivity index (χ3v) is 2.32. The van der Waals surface area contributed by atoms with Crippen LogP contribution < -0.4 is 0 Å². The van der Waals surface area contributed by atoms with Crippen LogP contribution in [-0.4, -0.2) is 5.11 Å². The molecule has 0 unspecified atom stereocenters. The zero-order chi connectivity index (χ0) is 8.70. The van der Waals surface area contributed by atoms with E-state index in [4.69, 9.17) is 0 Å². The minimum Gasteiger partial charge on any atom is -0.387 e. The molecule has 1 radical (unpaired) electrons. The van der Waals surface area contributed by atoms with Gasteiger partial charge in [0.2, 0.25) is 0 Å². The largest absolute Gasteiger partial charge is 0.387 e. The van der Waals surface area contributed by atoms with E-state index in [0.29, 0.717) is 16.9 Å². The van der Waals surface area contributed by atoms with Crippen molar-refractivity contribution in [3.63, 3.8) is 0 Å². The van der Waals surface area contributed by atoms with Crippen molar-refractivity contribution < 1.29 is 5.11 Å². The lowest BCUT2D eigenvalue weighted by molar-refractivity contribution is 0.0648. The molecule has 0 spiro atoms. The number of hydrogen-bond acceptors (Lipinski definition) is 1. The van der Waals surface area contributed by atoms with Crippen LogP contribution in [-0.2, 0) is 0 Å². The lowest BCUT2D eigenvalue weighted by atomic mass is 9.64. The van der Waals surface area contributed by atoms with Crippen LogP contribution in [0.3, 0.4) is 0 Å². The van der Waals surface area contributed by atoms with E-state index in [1.54, 1.807) is 0 Å². The van der Waals surface area contributed by atoms with Crippen LogP contribution in [0.4, 0.5) is 0 Å². The highest BCUT2D eigenvalue weighted by Gasteiger charge is 2.37. The quantitative estimate of drug-likeness (QED) is 0.570. The maximum atomic E-state index is 9.50. The molecule has 11 heavy (non-hydrogen) atoms. The topological polar surface area (TPSA) is 20.2 Å². The van der Waals surface area contributed by atoms with Crippen molar-refractivity contribution in [1.29, 1.82) is 0 Å². The Morgan fingerprint density at radius 2 is 1.36 bits per heavy atom. The normalized spacial score (nSPS) is 30.3. The first kappa shape index (κ1) is 9.05. The Balaban J connectivity index is 2.66. The molecule has 0 saturated heterocycles. The summed E-state index contributed by atoms with van der Waals surface area (Å²) in [5.41, 5.74) is 0.595. The van der Waals surface area contributed by atoms with Crippen molar-refractivity contribution in [1.82, 2.24) is 0 Å². The number of rotatable bonds is 0. The summed E-state index contributed by atoms with van der Waals surface area (Å²) in [6.07, 6.45) is 3.67. The van der Waals surface area contributed by atoms with Gasteiger partial charge in [0.15, 0.2) is 0 Å². The molecule has 1 nitrogen and oxygen atoms in total. The van der Waals surface area contributed by atoms with Gasteiger partial charge in [0.25, 0.3) is 0 Å². The fourth-order valence-corrected chi connectivity index (χ4v) is 2.59. The average Bonchev–Trinajstić information content (AvgIpc) is 1.49. The molecule has 1 N–H and O–H groups in total. The molecule has 0 aromatic rings. The molecular weight excluding hydrogens is 136 g/mol. The highest BCUT2D eigenvalue weighted by atomic mass is 16.3. The lowest BCUT2D eigenvalue weighted by Gasteiger charge is -2.42. The SMILES string of the molecule is CC1(C)C[C](O)CC(C)(C)C1. The van der Waals surface area contributed by atoms with Crippen molar-refractivity contribution in [3.8, 4) is 0 Å². The van der Waals surface area contributed by atoms with Crippen LogP contribution in [0, 0.1) is 16.9 Å². The fourth-order valence-electron chi connectivity index (χ4n) is 2.59. The van der Waals surface area contributed by atoms with Crippen LogP contribution in [0.1, 0.15) is 47.0 Å². The number of aliphatic hydroxyl groups is 1. The van der Waals surface area contributed by atoms with Crippen molar-refractivity contribution >= 4 is 0 Å². The highest BCUT2D eigenvalue weighted by Crippen LogP contribution is 2.47. The minimum atomic E-state index is 0.297. The second-order valence-corrected chi connectivity index (χ2v) is 5.42. The summed E-state index contributed by atoms with van der Waals surface area (Å²) in [4.78, 5) is 0. The molecule has 1 aliphatic rings. The summed E-state index contributed by atoms with van der Waals surface area (Å²) >= 11 is 0. The predicted molar refractivity (Wildman–Crippen MR) is 46.6 cm³/mol. The van der Waals surface area contributed by atoms with Crippen molar-refractivity contribution in [2.45, 2.75) is 47.0 Å². The van der Waals surface area contributed by atoms with Gasteiger partial charge in [-0.05, 0) is 30.1 Å². The first-order valence-electron chi connectivity index (χ1n) is 4.34. The van der Waals surface area contributed by atoms with E-state index in [2.05, 4.69) is 27.7 Å². The lowest BCUT2D eigenvalue weighted by Crippen LogP contribution is -2.32. The third-order valence-electron chi connectivity index (χ3n) is 2.32. The van der Waals surface area contributed by atoms with Gasteiger partial charge >= 0.3 is 0 Å². The van der Waals surface area contributed by atoms with Gasteiger partial charge in [-0.2, -0.15) is 0 Å². The van der Waals surface area contributed by atoms with Crippen LogP contribution >= 0.6 is 0 Å². The van der Waals surface area contributed by atoms with E-state index in [0.717, 1.165) is 12.8 Å². The zero-order valence-corrected chi connectivity index (χ0v) is 8.07. The molecule has 0 bridgehead atoms. The summed E-state index contributed by atoms with van der Waals surface area (Å²) in [5.74, 6) is 0. The highest BCUT2D eigenvalue weighted by molar-refractivity contribution is 4.97. The van der Waals surface area contributed by atoms with E-state index in [9.17, 15) is 5.11 Å². The summed E-state index contributed by atoms with van der Waals surface area (Å²) in [6, 6.07) is 0. The number of hydrogen-bond donors (Lipinski definition) is 1. The van der Waals surface area contributed by atoms with E-state index in [1.165, 1.54) is 6.42 Å². The van der Waals surface area contributed by atoms with Crippen molar-refractivity contribution in [2.24, 2.45) is 10.8 Å². The molecule has 1 fully saturated rings. The summed E-state index contributed by atoms with van der Waals surface area (Å²) in [5, 5.41) is 9.50. The van der Waals surface area contributed by atoms with Gasteiger partial charge in [0, 0.05) is 0 Å². The van der Waals surface area contributed by atoms with Gasteiger partial charge < -0.3 is 5.11 Å². The van der Waals surface area contributed by atoms with Gasteiger partial charge in [0.05, 0.1) is 6.10 Å². The molecule has 1 saturated carbocycles. The molecule has 0 atom stereocenters. The smallest absolute Gasteiger partial charge is 0.0943 e. The first-order chi connectivity index (χ1) is 4.81. The Morgan fingerprint density at radius 3 is 1.64 bits per heavy atom. The van der Waals surface area contributed by atoms with Gasteiger partial charge in [-0.15, -0.1) is 0 Å². The maximum Gasteiger partial charge on any atom is 0.0943 e. The molecule has 0 aliphatic heterocycles. The summed E-state index contributed by atoms with van der Waals surface area (Å²) in [7, 11) is 0. The van der Waals surface area contributed by atoms with Gasteiger partial charge in [0.1, 0.15) is 0 Å². The second-order valence-electron chi connectivity index (χ2n) is 5.42. The van der Waals surface area contributed by atoms with Crippen LogP contribution in [0.5, 0.6) is 0 Å².